The second-order valence-corrected chi connectivity index (χ2v) is 3.35. The fourth-order valence-electron chi connectivity index (χ4n) is 0.993. The molecule has 0 atom stereocenters. The maximum Gasteiger partial charge on any atom is 0.123 e. The molecule has 76 valence electrons. The third-order valence-corrected chi connectivity index (χ3v) is 2.14. The van der Waals surface area contributed by atoms with Gasteiger partial charge in [-0.25, -0.2) is 4.39 Å². The highest BCUT2D eigenvalue weighted by atomic mass is 35.5. The summed E-state index contributed by atoms with van der Waals surface area (Å²) in [7, 11) is 0. The summed E-state index contributed by atoms with van der Waals surface area (Å²) in [5, 5.41) is 0. The van der Waals surface area contributed by atoms with Gasteiger partial charge >= 0.3 is 0 Å². The van der Waals surface area contributed by atoms with Crippen LogP contribution in [0.3, 0.4) is 0 Å². The molecule has 0 aliphatic heterocycles. The second kappa shape index (κ2) is 5.01. The van der Waals surface area contributed by atoms with E-state index < -0.39 is 0 Å². The van der Waals surface area contributed by atoms with Gasteiger partial charge in [-0.05, 0) is 36.3 Å². The van der Waals surface area contributed by atoms with Crippen molar-refractivity contribution in [2.75, 3.05) is 12.5 Å². The third-order valence-electron chi connectivity index (χ3n) is 1.76. The molecule has 0 amide bonds. The Morgan fingerprint density at radius 1 is 1.57 bits per heavy atom. The molecule has 1 nitrogen and oxygen atoms in total. The fraction of sp³-hybridized carbons (Fsp3) is 0.273. The van der Waals surface area contributed by atoms with E-state index in [9.17, 15) is 4.39 Å². The lowest BCUT2D eigenvalue weighted by Gasteiger charge is -2.09. The monoisotopic (exact) mass is 214 g/mol. The predicted molar refractivity (Wildman–Crippen MR) is 56.5 cm³/mol. The summed E-state index contributed by atoms with van der Waals surface area (Å²) in [6.45, 7) is 5.87. The summed E-state index contributed by atoms with van der Waals surface area (Å²) in [6.07, 6.45) is 0. The first kappa shape index (κ1) is 11.1. The quantitative estimate of drug-likeness (QED) is 0.552. The van der Waals surface area contributed by atoms with Crippen molar-refractivity contribution >= 4 is 11.6 Å². The van der Waals surface area contributed by atoms with Gasteiger partial charge in [-0.15, -0.1) is 11.6 Å². The number of alkyl halides is 1. The third kappa shape index (κ3) is 3.04. The van der Waals surface area contributed by atoms with Crippen LogP contribution in [0.5, 0.6) is 5.75 Å². The van der Waals surface area contributed by atoms with Crippen molar-refractivity contribution in [1.82, 2.24) is 0 Å². The molecular formula is C11H12ClFO. The number of ether oxygens (including phenoxy) is 1. The van der Waals surface area contributed by atoms with E-state index in [1.54, 1.807) is 13.0 Å². The van der Waals surface area contributed by atoms with Gasteiger partial charge in [-0.2, -0.15) is 0 Å². The molecule has 0 saturated heterocycles. The van der Waals surface area contributed by atoms with E-state index in [-0.39, 0.29) is 5.82 Å². The van der Waals surface area contributed by atoms with E-state index >= 15 is 0 Å². The van der Waals surface area contributed by atoms with Gasteiger partial charge in [0.15, 0.2) is 0 Å². The van der Waals surface area contributed by atoms with Crippen molar-refractivity contribution in [3.8, 4) is 5.75 Å². The first-order valence-electron chi connectivity index (χ1n) is 4.25. The van der Waals surface area contributed by atoms with Crippen LogP contribution in [0.15, 0.2) is 30.4 Å². The van der Waals surface area contributed by atoms with Crippen molar-refractivity contribution in [3.05, 3.63) is 41.7 Å². The van der Waals surface area contributed by atoms with Crippen LogP contribution in [-0.2, 0) is 0 Å². The maximum absolute atomic E-state index is 12.7. The molecule has 0 unspecified atom stereocenters. The van der Waals surface area contributed by atoms with Crippen LogP contribution in [0.25, 0.3) is 0 Å². The van der Waals surface area contributed by atoms with Gasteiger partial charge in [0.1, 0.15) is 18.2 Å². The molecule has 14 heavy (non-hydrogen) atoms. The van der Waals surface area contributed by atoms with Crippen LogP contribution < -0.4 is 4.74 Å². The van der Waals surface area contributed by atoms with Crippen LogP contribution in [0.1, 0.15) is 5.56 Å². The predicted octanol–water partition coefficient (Wildman–Crippen LogP) is 3.31. The van der Waals surface area contributed by atoms with Gasteiger partial charge in [0, 0.05) is 5.88 Å². The van der Waals surface area contributed by atoms with E-state index in [1.807, 2.05) is 0 Å². The molecule has 1 aromatic rings. The number of aryl methyl sites for hydroxylation is 1. The molecule has 0 fully saturated rings. The number of rotatable bonds is 4. The van der Waals surface area contributed by atoms with Gasteiger partial charge in [-0.1, -0.05) is 6.58 Å². The lowest BCUT2D eigenvalue weighted by atomic mass is 10.2. The molecule has 0 aliphatic carbocycles. The molecule has 0 spiro atoms. The minimum Gasteiger partial charge on any atom is -0.489 e. The lowest BCUT2D eigenvalue weighted by molar-refractivity contribution is 0.350. The summed E-state index contributed by atoms with van der Waals surface area (Å²) in [5.74, 6) is 0.781. The Balaban J connectivity index is 2.63. The largest absolute Gasteiger partial charge is 0.489 e. The van der Waals surface area contributed by atoms with Crippen molar-refractivity contribution in [1.29, 1.82) is 0 Å². The zero-order valence-electron chi connectivity index (χ0n) is 8.02. The maximum atomic E-state index is 12.7. The van der Waals surface area contributed by atoms with E-state index in [1.165, 1.54) is 12.1 Å². The van der Waals surface area contributed by atoms with Crippen molar-refractivity contribution < 1.29 is 9.13 Å². The van der Waals surface area contributed by atoms with E-state index in [0.29, 0.717) is 18.2 Å². The van der Waals surface area contributed by atoms with Gasteiger partial charge in [-0.3, -0.25) is 0 Å². The van der Waals surface area contributed by atoms with Crippen LogP contribution >= 0.6 is 11.6 Å². The number of hydrogen-bond acceptors (Lipinski definition) is 1. The topological polar surface area (TPSA) is 9.23 Å². The summed E-state index contributed by atoms with van der Waals surface area (Å²) in [4.78, 5) is 0. The Kier molecular flexibility index (Phi) is 3.96. The molecule has 1 aromatic carbocycles. The van der Waals surface area contributed by atoms with E-state index in [0.717, 1.165) is 11.1 Å². The smallest absolute Gasteiger partial charge is 0.123 e. The molecule has 0 aromatic heterocycles. The first-order chi connectivity index (χ1) is 6.63. The Morgan fingerprint density at radius 2 is 2.29 bits per heavy atom. The van der Waals surface area contributed by atoms with Crippen molar-refractivity contribution in [2.45, 2.75) is 6.92 Å². The average molecular weight is 215 g/mol. The Morgan fingerprint density at radius 3 is 2.86 bits per heavy atom. The van der Waals surface area contributed by atoms with Crippen LogP contribution in [0, 0.1) is 12.7 Å². The summed E-state index contributed by atoms with van der Waals surface area (Å²) in [6, 6.07) is 4.40. The minimum atomic E-state index is -0.258. The van der Waals surface area contributed by atoms with Gasteiger partial charge in [0.05, 0.1) is 0 Å². The standard InChI is InChI=1S/C11H12ClFO/c1-8(6-12)7-14-11-4-3-10(13)5-9(11)2/h3-5H,1,6-7H2,2H3. The Bertz CT molecular complexity index is 336. The minimum absolute atomic E-state index is 0.258. The van der Waals surface area contributed by atoms with Crippen molar-refractivity contribution in [3.63, 3.8) is 0 Å². The van der Waals surface area contributed by atoms with Crippen molar-refractivity contribution in [2.24, 2.45) is 0 Å². The van der Waals surface area contributed by atoms with E-state index in [4.69, 9.17) is 16.3 Å². The van der Waals surface area contributed by atoms with Crippen LogP contribution in [0.2, 0.25) is 0 Å². The van der Waals surface area contributed by atoms with Gasteiger partial charge in [0.25, 0.3) is 0 Å². The SMILES string of the molecule is C=C(CCl)COc1ccc(F)cc1C. The van der Waals surface area contributed by atoms with Crippen LogP contribution in [0.4, 0.5) is 4.39 Å². The summed E-state index contributed by atoms with van der Waals surface area (Å²) >= 11 is 5.54. The Hall–Kier alpha value is -1.02. The number of hydrogen-bond donors (Lipinski definition) is 0. The molecule has 0 aliphatic rings. The van der Waals surface area contributed by atoms with Gasteiger partial charge in [0.2, 0.25) is 0 Å². The summed E-state index contributed by atoms with van der Waals surface area (Å²) in [5.41, 5.74) is 1.57. The number of benzene rings is 1. The molecule has 0 radical (unpaired) electrons. The highest BCUT2D eigenvalue weighted by Crippen LogP contribution is 2.18. The lowest BCUT2D eigenvalue weighted by Crippen LogP contribution is -2.02. The molecule has 0 N–H and O–H groups in total. The zero-order chi connectivity index (χ0) is 10.6. The normalized spacial score (nSPS) is 9.93. The highest BCUT2D eigenvalue weighted by molar-refractivity contribution is 6.19. The number of halogens is 2. The van der Waals surface area contributed by atoms with Crippen LogP contribution in [-0.4, -0.2) is 12.5 Å². The molecule has 0 bridgehead atoms. The fourth-order valence-corrected chi connectivity index (χ4v) is 1.07. The zero-order valence-corrected chi connectivity index (χ0v) is 8.77. The molecular weight excluding hydrogens is 203 g/mol. The second-order valence-electron chi connectivity index (χ2n) is 3.08. The van der Waals surface area contributed by atoms with Gasteiger partial charge < -0.3 is 4.74 Å². The first-order valence-corrected chi connectivity index (χ1v) is 4.78. The highest BCUT2D eigenvalue weighted by Gasteiger charge is 2.01. The summed E-state index contributed by atoms with van der Waals surface area (Å²) < 4.78 is 18.1. The molecule has 0 heterocycles. The molecule has 0 saturated carbocycles. The average Bonchev–Trinajstić information content (AvgIpc) is 2.16. The molecule has 3 heteroatoms. The van der Waals surface area contributed by atoms with E-state index in [2.05, 4.69) is 6.58 Å². The Labute approximate surface area is 88.1 Å². The molecule has 1 rings (SSSR count).